The van der Waals surface area contributed by atoms with Crippen LogP contribution >= 0.6 is 0 Å². The molecule has 0 aromatic heterocycles. The van der Waals surface area contributed by atoms with E-state index in [-0.39, 0.29) is 6.61 Å². The number of nitrogen functional groups attached to an aromatic ring is 1. The first-order valence-electron chi connectivity index (χ1n) is 4.42. The maximum atomic E-state index is 8.64. The quantitative estimate of drug-likeness (QED) is 0.488. The van der Waals surface area contributed by atoms with E-state index in [4.69, 9.17) is 16.1 Å². The lowest BCUT2D eigenvalue weighted by Gasteiger charge is -2.06. The second-order valence-corrected chi connectivity index (χ2v) is 2.92. The maximum Gasteiger partial charge on any atom is 0.101 e. The largest absolute Gasteiger partial charge is 0.398 e. The van der Waals surface area contributed by atoms with Crippen LogP contribution in [-0.2, 0) is 0 Å². The standard InChI is InChI=1S/C10H13N3O/c11-7-8-2-3-9(6-10(8)12)13-4-1-5-14/h2-3,6,13-14H,1,4-5,12H2. The van der Waals surface area contributed by atoms with Gasteiger partial charge < -0.3 is 16.2 Å². The van der Waals surface area contributed by atoms with Gasteiger partial charge in [-0.3, -0.25) is 0 Å². The number of nitrogens with two attached hydrogens (primary N) is 1. The molecule has 4 nitrogen and oxygen atoms in total. The van der Waals surface area contributed by atoms with E-state index in [1.165, 1.54) is 0 Å². The lowest BCUT2D eigenvalue weighted by Crippen LogP contribution is -2.04. The van der Waals surface area contributed by atoms with Crippen LogP contribution in [-0.4, -0.2) is 18.3 Å². The van der Waals surface area contributed by atoms with Crippen LogP contribution in [0.4, 0.5) is 11.4 Å². The number of nitriles is 1. The summed E-state index contributed by atoms with van der Waals surface area (Å²) in [4.78, 5) is 0. The molecule has 1 rings (SSSR count). The number of hydrogen-bond acceptors (Lipinski definition) is 4. The number of anilines is 2. The summed E-state index contributed by atoms with van der Waals surface area (Å²) < 4.78 is 0. The molecule has 4 N–H and O–H groups in total. The minimum atomic E-state index is 0.165. The van der Waals surface area contributed by atoms with Crippen LogP contribution in [0.2, 0.25) is 0 Å². The molecule has 0 aliphatic rings. The zero-order chi connectivity index (χ0) is 10.4. The molecular formula is C10H13N3O. The molecule has 0 radical (unpaired) electrons. The Bertz CT molecular complexity index is 344. The molecule has 1 aromatic carbocycles. The van der Waals surface area contributed by atoms with Crippen molar-refractivity contribution in [2.45, 2.75) is 6.42 Å². The van der Waals surface area contributed by atoms with Crippen LogP contribution in [0.15, 0.2) is 18.2 Å². The van der Waals surface area contributed by atoms with Gasteiger partial charge in [0.1, 0.15) is 6.07 Å². The van der Waals surface area contributed by atoms with Gasteiger partial charge >= 0.3 is 0 Å². The second kappa shape index (κ2) is 5.10. The van der Waals surface area contributed by atoms with Crippen LogP contribution in [0.25, 0.3) is 0 Å². The van der Waals surface area contributed by atoms with Gasteiger partial charge in [0, 0.05) is 18.8 Å². The smallest absolute Gasteiger partial charge is 0.101 e. The predicted molar refractivity (Wildman–Crippen MR) is 55.8 cm³/mol. The van der Waals surface area contributed by atoms with E-state index < -0.39 is 0 Å². The third-order valence-corrected chi connectivity index (χ3v) is 1.84. The molecule has 0 saturated carbocycles. The molecule has 0 spiro atoms. The van der Waals surface area contributed by atoms with Crippen molar-refractivity contribution >= 4 is 11.4 Å². The van der Waals surface area contributed by atoms with Crippen molar-refractivity contribution in [3.8, 4) is 6.07 Å². The zero-order valence-electron chi connectivity index (χ0n) is 7.83. The van der Waals surface area contributed by atoms with Gasteiger partial charge in [0.25, 0.3) is 0 Å². The number of benzene rings is 1. The highest BCUT2D eigenvalue weighted by molar-refractivity contribution is 5.62. The summed E-state index contributed by atoms with van der Waals surface area (Å²) in [6.45, 7) is 0.862. The zero-order valence-corrected chi connectivity index (χ0v) is 7.83. The Morgan fingerprint density at radius 2 is 2.29 bits per heavy atom. The number of aliphatic hydroxyl groups excluding tert-OH is 1. The van der Waals surface area contributed by atoms with Gasteiger partial charge in [-0.25, -0.2) is 0 Å². The number of hydrogen-bond donors (Lipinski definition) is 3. The van der Waals surface area contributed by atoms with Gasteiger partial charge in [-0.1, -0.05) is 0 Å². The molecular weight excluding hydrogens is 178 g/mol. The van der Waals surface area contributed by atoms with Crippen molar-refractivity contribution in [3.05, 3.63) is 23.8 Å². The fourth-order valence-corrected chi connectivity index (χ4v) is 1.09. The Kier molecular flexibility index (Phi) is 3.77. The molecule has 0 atom stereocenters. The van der Waals surface area contributed by atoms with E-state index in [1.807, 2.05) is 6.07 Å². The van der Waals surface area contributed by atoms with Crippen LogP contribution in [0.3, 0.4) is 0 Å². The van der Waals surface area contributed by atoms with Gasteiger partial charge in [-0.15, -0.1) is 0 Å². The van der Waals surface area contributed by atoms with E-state index in [9.17, 15) is 0 Å². The summed E-state index contributed by atoms with van der Waals surface area (Å²) in [5, 5.41) is 20.3. The Labute approximate surface area is 83.0 Å². The summed E-state index contributed by atoms with van der Waals surface area (Å²) in [6, 6.07) is 7.19. The number of nitrogens with one attached hydrogen (secondary N) is 1. The van der Waals surface area contributed by atoms with Crippen LogP contribution in [0.1, 0.15) is 12.0 Å². The summed E-state index contributed by atoms with van der Waals surface area (Å²) >= 11 is 0. The third-order valence-electron chi connectivity index (χ3n) is 1.84. The highest BCUT2D eigenvalue weighted by Crippen LogP contribution is 2.16. The summed E-state index contributed by atoms with van der Waals surface area (Å²) in [6.07, 6.45) is 0.694. The van der Waals surface area contributed by atoms with Crippen LogP contribution < -0.4 is 11.1 Å². The topological polar surface area (TPSA) is 82.1 Å². The van der Waals surface area contributed by atoms with Crippen molar-refractivity contribution in [2.24, 2.45) is 0 Å². The van der Waals surface area contributed by atoms with Gasteiger partial charge in [-0.2, -0.15) is 5.26 Å². The number of rotatable bonds is 4. The minimum Gasteiger partial charge on any atom is -0.398 e. The lowest BCUT2D eigenvalue weighted by atomic mass is 10.2. The molecule has 0 fully saturated rings. The summed E-state index contributed by atoms with van der Waals surface area (Å²) in [5.41, 5.74) is 7.45. The van der Waals surface area contributed by atoms with Gasteiger partial charge in [0.05, 0.1) is 11.3 Å². The van der Waals surface area contributed by atoms with Crippen molar-refractivity contribution < 1.29 is 5.11 Å². The van der Waals surface area contributed by atoms with Gasteiger partial charge in [0.2, 0.25) is 0 Å². The molecule has 0 aliphatic carbocycles. The first kappa shape index (κ1) is 10.4. The van der Waals surface area contributed by atoms with Crippen molar-refractivity contribution in [1.82, 2.24) is 0 Å². The highest BCUT2D eigenvalue weighted by Gasteiger charge is 1.98. The van der Waals surface area contributed by atoms with E-state index in [2.05, 4.69) is 5.32 Å². The van der Waals surface area contributed by atoms with E-state index in [1.54, 1.807) is 18.2 Å². The monoisotopic (exact) mass is 191 g/mol. The summed E-state index contributed by atoms with van der Waals surface area (Å²) in [7, 11) is 0. The molecule has 0 aliphatic heterocycles. The normalized spacial score (nSPS) is 9.43. The Hall–Kier alpha value is -1.73. The van der Waals surface area contributed by atoms with Crippen molar-refractivity contribution in [1.29, 1.82) is 5.26 Å². The molecule has 0 heterocycles. The van der Waals surface area contributed by atoms with Crippen LogP contribution in [0, 0.1) is 11.3 Å². The fraction of sp³-hybridized carbons (Fsp3) is 0.300. The molecule has 0 bridgehead atoms. The molecule has 0 saturated heterocycles. The molecule has 1 aromatic rings. The van der Waals surface area contributed by atoms with Gasteiger partial charge in [0.15, 0.2) is 0 Å². The molecule has 4 heteroatoms. The maximum absolute atomic E-state index is 8.64. The first-order valence-corrected chi connectivity index (χ1v) is 4.42. The Balaban J connectivity index is 2.63. The Morgan fingerprint density at radius 1 is 1.50 bits per heavy atom. The summed E-state index contributed by atoms with van der Waals surface area (Å²) in [5.74, 6) is 0. The van der Waals surface area contributed by atoms with E-state index >= 15 is 0 Å². The number of aliphatic hydroxyl groups is 1. The van der Waals surface area contributed by atoms with E-state index in [0.29, 0.717) is 24.2 Å². The average molecular weight is 191 g/mol. The molecule has 14 heavy (non-hydrogen) atoms. The number of nitrogens with zero attached hydrogens (tertiary/aromatic N) is 1. The first-order chi connectivity index (χ1) is 6.77. The highest BCUT2D eigenvalue weighted by atomic mass is 16.3. The fourth-order valence-electron chi connectivity index (χ4n) is 1.09. The molecule has 74 valence electrons. The lowest BCUT2D eigenvalue weighted by molar-refractivity contribution is 0.292. The minimum absolute atomic E-state index is 0.165. The predicted octanol–water partition coefficient (Wildman–Crippen LogP) is 0.935. The van der Waals surface area contributed by atoms with E-state index in [0.717, 1.165) is 5.69 Å². The van der Waals surface area contributed by atoms with Crippen molar-refractivity contribution in [3.63, 3.8) is 0 Å². The van der Waals surface area contributed by atoms with Crippen molar-refractivity contribution in [2.75, 3.05) is 24.2 Å². The second-order valence-electron chi connectivity index (χ2n) is 2.92. The SMILES string of the molecule is N#Cc1ccc(NCCCO)cc1N. The third kappa shape index (κ3) is 2.64. The van der Waals surface area contributed by atoms with Gasteiger partial charge in [-0.05, 0) is 24.6 Å². The molecule has 0 unspecified atom stereocenters. The average Bonchev–Trinajstić information content (AvgIpc) is 2.18. The molecule has 0 amide bonds. The Morgan fingerprint density at radius 3 is 2.86 bits per heavy atom. The van der Waals surface area contributed by atoms with Crippen LogP contribution in [0.5, 0.6) is 0 Å².